The second kappa shape index (κ2) is 6.12. The number of rotatable bonds is 3. The summed E-state index contributed by atoms with van der Waals surface area (Å²) in [6.45, 7) is 4.46. The number of para-hydroxylation sites is 1. The lowest BCUT2D eigenvalue weighted by Gasteiger charge is -2.30. The van der Waals surface area contributed by atoms with Crippen LogP contribution in [0.3, 0.4) is 0 Å². The molecule has 0 unspecified atom stereocenters. The molecule has 0 spiro atoms. The van der Waals surface area contributed by atoms with Gasteiger partial charge in [-0.25, -0.2) is 0 Å². The first-order valence-electron chi connectivity index (χ1n) is 7.50. The fraction of sp³-hybridized carbons (Fsp3) is 0.412. The van der Waals surface area contributed by atoms with E-state index < -0.39 is 0 Å². The first-order chi connectivity index (χ1) is 10.3. The minimum Gasteiger partial charge on any atom is -0.496 e. The van der Waals surface area contributed by atoms with Crippen molar-refractivity contribution in [3.8, 4) is 17.0 Å². The number of ether oxygens (including phenoxy) is 1. The highest BCUT2D eigenvalue weighted by Gasteiger charge is 2.17. The van der Waals surface area contributed by atoms with E-state index in [4.69, 9.17) is 4.74 Å². The molecule has 0 radical (unpaired) electrons. The van der Waals surface area contributed by atoms with Gasteiger partial charge >= 0.3 is 0 Å². The maximum Gasteiger partial charge on any atom is 0.151 e. The van der Waals surface area contributed by atoms with Crippen molar-refractivity contribution in [3.63, 3.8) is 0 Å². The summed E-state index contributed by atoms with van der Waals surface area (Å²) in [5.74, 6) is 2.62. The number of nitrogens with zero attached hydrogens (tertiary/aromatic N) is 3. The van der Waals surface area contributed by atoms with Crippen LogP contribution in [0.5, 0.6) is 5.75 Å². The number of methoxy groups -OCH3 is 1. The van der Waals surface area contributed by atoms with Crippen LogP contribution in [0, 0.1) is 5.92 Å². The predicted molar refractivity (Wildman–Crippen MR) is 84.6 cm³/mol. The summed E-state index contributed by atoms with van der Waals surface area (Å²) >= 11 is 0. The third-order valence-corrected chi connectivity index (χ3v) is 4.14. The summed E-state index contributed by atoms with van der Waals surface area (Å²) in [4.78, 5) is 2.32. The first-order valence-corrected chi connectivity index (χ1v) is 7.50. The molecule has 0 saturated carbocycles. The Balaban J connectivity index is 1.81. The van der Waals surface area contributed by atoms with Crippen molar-refractivity contribution in [2.24, 2.45) is 5.92 Å². The first kappa shape index (κ1) is 13.9. The number of aromatic nitrogens is 2. The second-order valence-corrected chi connectivity index (χ2v) is 5.65. The molecule has 1 aromatic carbocycles. The van der Waals surface area contributed by atoms with Crippen LogP contribution in [0.15, 0.2) is 36.4 Å². The Kier molecular flexibility index (Phi) is 4.04. The fourth-order valence-corrected chi connectivity index (χ4v) is 2.73. The minimum absolute atomic E-state index is 0.821. The summed E-state index contributed by atoms with van der Waals surface area (Å²) in [5, 5.41) is 8.78. The molecule has 21 heavy (non-hydrogen) atoms. The van der Waals surface area contributed by atoms with Crippen LogP contribution in [-0.4, -0.2) is 30.4 Å². The molecule has 1 aliphatic heterocycles. The Morgan fingerprint density at radius 2 is 1.81 bits per heavy atom. The molecule has 0 atom stereocenters. The Morgan fingerprint density at radius 1 is 1.05 bits per heavy atom. The van der Waals surface area contributed by atoms with Gasteiger partial charge in [-0.15, -0.1) is 10.2 Å². The topological polar surface area (TPSA) is 38.2 Å². The van der Waals surface area contributed by atoms with Gasteiger partial charge in [-0.3, -0.25) is 0 Å². The molecule has 1 saturated heterocycles. The van der Waals surface area contributed by atoms with Crippen molar-refractivity contribution in [2.75, 3.05) is 25.1 Å². The average molecular weight is 283 g/mol. The summed E-state index contributed by atoms with van der Waals surface area (Å²) in [5.41, 5.74) is 1.83. The van der Waals surface area contributed by atoms with E-state index in [-0.39, 0.29) is 0 Å². The van der Waals surface area contributed by atoms with Gasteiger partial charge in [-0.05, 0) is 43.0 Å². The van der Waals surface area contributed by atoms with E-state index in [0.717, 1.165) is 41.8 Å². The number of hydrogen-bond donors (Lipinski definition) is 0. The van der Waals surface area contributed by atoms with E-state index >= 15 is 0 Å². The number of piperidine rings is 1. The smallest absolute Gasteiger partial charge is 0.151 e. The van der Waals surface area contributed by atoms with Crippen LogP contribution in [-0.2, 0) is 0 Å². The molecule has 0 N–H and O–H groups in total. The van der Waals surface area contributed by atoms with Gasteiger partial charge < -0.3 is 9.64 Å². The molecule has 4 heteroatoms. The second-order valence-electron chi connectivity index (χ2n) is 5.65. The average Bonchev–Trinajstić information content (AvgIpc) is 2.56. The summed E-state index contributed by atoms with van der Waals surface area (Å²) < 4.78 is 5.38. The molecule has 4 nitrogen and oxygen atoms in total. The largest absolute Gasteiger partial charge is 0.496 e. The number of benzene rings is 1. The molecule has 110 valence electrons. The van der Waals surface area contributed by atoms with Gasteiger partial charge in [0.25, 0.3) is 0 Å². The Hall–Kier alpha value is -2.10. The summed E-state index contributed by atoms with van der Waals surface area (Å²) in [6, 6.07) is 12.0. The third kappa shape index (κ3) is 2.99. The quantitative estimate of drug-likeness (QED) is 0.865. The summed E-state index contributed by atoms with van der Waals surface area (Å²) in [6.07, 6.45) is 2.46. The van der Waals surface area contributed by atoms with Crippen LogP contribution in [0.2, 0.25) is 0 Å². The Labute approximate surface area is 125 Å². The van der Waals surface area contributed by atoms with Crippen molar-refractivity contribution < 1.29 is 4.74 Å². The molecule has 1 aromatic heterocycles. The zero-order valence-electron chi connectivity index (χ0n) is 12.6. The lowest BCUT2D eigenvalue weighted by Crippen LogP contribution is -2.33. The minimum atomic E-state index is 0.821. The highest BCUT2D eigenvalue weighted by atomic mass is 16.5. The Morgan fingerprint density at radius 3 is 2.48 bits per heavy atom. The van der Waals surface area contributed by atoms with E-state index in [0.29, 0.717) is 0 Å². The van der Waals surface area contributed by atoms with Crippen molar-refractivity contribution in [2.45, 2.75) is 19.8 Å². The van der Waals surface area contributed by atoms with Gasteiger partial charge in [0.2, 0.25) is 0 Å². The maximum absolute atomic E-state index is 5.38. The lowest BCUT2D eigenvalue weighted by molar-refractivity contribution is 0.416. The van der Waals surface area contributed by atoms with Crippen LogP contribution in [0.4, 0.5) is 5.82 Å². The van der Waals surface area contributed by atoms with Gasteiger partial charge in [0.05, 0.1) is 12.8 Å². The number of anilines is 1. The molecule has 0 bridgehead atoms. The lowest BCUT2D eigenvalue weighted by atomic mass is 9.99. The van der Waals surface area contributed by atoms with Crippen molar-refractivity contribution in [1.29, 1.82) is 0 Å². The predicted octanol–water partition coefficient (Wildman–Crippen LogP) is 3.39. The molecule has 2 aromatic rings. The van der Waals surface area contributed by atoms with E-state index in [1.165, 1.54) is 12.8 Å². The van der Waals surface area contributed by atoms with E-state index in [2.05, 4.69) is 28.1 Å². The summed E-state index contributed by atoms with van der Waals surface area (Å²) in [7, 11) is 1.68. The van der Waals surface area contributed by atoms with Crippen LogP contribution >= 0.6 is 0 Å². The van der Waals surface area contributed by atoms with Crippen LogP contribution < -0.4 is 9.64 Å². The third-order valence-electron chi connectivity index (χ3n) is 4.14. The van der Waals surface area contributed by atoms with Crippen molar-refractivity contribution in [3.05, 3.63) is 36.4 Å². The van der Waals surface area contributed by atoms with Gasteiger partial charge in [0.15, 0.2) is 5.82 Å². The molecule has 1 aliphatic rings. The van der Waals surface area contributed by atoms with Crippen LogP contribution in [0.25, 0.3) is 11.3 Å². The van der Waals surface area contributed by atoms with Gasteiger partial charge in [0, 0.05) is 18.7 Å². The molecule has 0 amide bonds. The monoisotopic (exact) mass is 283 g/mol. The molecule has 3 rings (SSSR count). The zero-order valence-corrected chi connectivity index (χ0v) is 12.6. The van der Waals surface area contributed by atoms with Crippen LogP contribution in [0.1, 0.15) is 19.8 Å². The van der Waals surface area contributed by atoms with E-state index in [1.54, 1.807) is 7.11 Å². The normalized spacial score (nSPS) is 16.0. The molecular weight excluding hydrogens is 262 g/mol. The van der Waals surface area contributed by atoms with E-state index in [1.807, 2.05) is 30.3 Å². The molecule has 1 fully saturated rings. The maximum atomic E-state index is 5.38. The molecule has 0 aliphatic carbocycles. The van der Waals surface area contributed by atoms with E-state index in [9.17, 15) is 0 Å². The standard InChI is InChI=1S/C17H21N3O/c1-13-9-11-20(12-10-13)17-8-7-15(18-19-17)14-5-3-4-6-16(14)21-2/h3-8,13H,9-12H2,1-2H3. The fourth-order valence-electron chi connectivity index (χ4n) is 2.73. The Bertz CT molecular complexity index is 589. The highest BCUT2D eigenvalue weighted by molar-refractivity contribution is 5.67. The van der Waals surface area contributed by atoms with Crippen molar-refractivity contribution >= 4 is 5.82 Å². The van der Waals surface area contributed by atoms with Gasteiger partial charge in [-0.2, -0.15) is 0 Å². The number of hydrogen-bond acceptors (Lipinski definition) is 4. The molecule has 2 heterocycles. The van der Waals surface area contributed by atoms with Gasteiger partial charge in [-0.1, -0.05) is 19.1 Å². The highest BCUT2D eigenvalue weighted by Crippen LogP contribution is 2.28. The molecular formula is C17H21N3O. The van der Waals surface area contributed by atoms with Crippen molar-refractivity contribution in [1.82, 2.24) is 10.2 Å². The zero-order chi connectivity index (χ0) is 14.7. The van der Waals surface area contributed by atoms with Gasteiger partial charge in [0.1, 0.15) is 5.75 Å². The SMILES string of the molecule is COc1ccccc1-c1ccc(N2CCC(C)CC2)nn1.